The van der Waals surface area contributed by atoms with Crippen LogP contribution in [0.5, 0.6) is 5.75 Å². The number of carbonyl (C=O) groups is 1. The Balaban J connectivity index is 1.98. The molecule has 2 rings (SSSR count). The lowest BCUT2D eigenvalue weighted by Gasteiger charge is -2.12. The Morgan fingerprint density at radius 3 is 2.58 bits per heavy atom. The Morgan fingerprint density at radius 2 is 1.96 bits per heavy atom. The maximum atomic E-state index is 14.3. The van der Waals surface area contributed by atoms with Crippen molar-refractivity contribution in [3.05, 3.63) is 71.0 Å². The van der Waals surface area contributed by atoms with Crippen LogP contribution in [-0.4, -0.2) is 29.4 Å². The molecule has 1 atom stereocenters. The number of hydrogen-bond acceptors (Lipinski definition) is 4. The molecule has 138 valence electrons. The van der Waals surface area contributed by atoms with Crippen molar-refractivity contribution in [1.29, 1.82) is 0 Å². The van der Waals surface area contributed by atoms with E-state index in [1.54, 1.807) is 55.5 Å². The number of carboxylic acids is 1. The van der Waals surface area contributed by atoms with Gasteiger partial charge < -0.3 is 19.7 Å². The maximum Gasteiger partial charge on any atom is 0.371 e. The average Bonchev–Trinajstić information content (AvgIpc) is 2.66. The van der Waals surface area contributed by atoms with Crippen molar-refractivity contribution in [1.82, 2.24) is 0 Å². The highest BCUT2D eigenvalue weighted by atomic mass is 19.1. The quantitative estimate of drug-likeness (QED) is 0.526. The van der Waals surface area contributed by atoms with Crippen LogP contribution in [0.2, 0.25) is 0 Å². The van der Waals surface area contributed by atoms with Gasteiger partial charge in [0.25, 0.3) is 0 Å². The minimum atomic E-state index is -1.32. The topological polar surface area (TPSA) is 76.0 Å². The number of rotatable bonds is 9. The van der Waals surface area contributed by atoms with Crippen molar-refractivity contribution in [2.75, 3.05) is 13.2 Å². The maximum absolute atomic E-state index is 14.3. The molecule has 0 unspecified atom stereocenters. The zero-order valence-electron chi connectivity index (χ0n) is 14.4. The van der Waals surface area contributed by atoms with Crippen LogP contribution in [0.3, 0.4) is 0 Å². The van der Waals surface area contributed by atoms with E-state index in [0.717, 1.165) is 0 Å². The Labute approximate surface area is 151 Å². The van der Waals surface area contributed by atoms with Crippen LogP contribution in [0.4, 0.5) is 4.39 Å². The third-order valence-corrected chi connectivity index (χ3v) is 3.58. The van der Waals surface area contributed by atoms with Crippen LogP contribution in [0.25, 0.3) is 6.08 Å². The van der Waals surface area contributed by atoms with Crippen molar-refractivity contribution in [3.63, 3.8) is 0 Å². The van der Waals surface area contributed by atoms with Gasteiger partial charge in [0, 0.05) is 0 Å². The van der Waals surface area contributed by atoms with E-state index in [2.05, 4.69) is 0 Å². The Kier molecular flexibility index (Phi) is 7.17. The molecule has 0 saturated heterocycles. The lowest BCUT2D eigenvalue weighted by Crippen LogP contribution is -2.06. The molecule has 0 bridgehead atoms. The molecule has 0 radical (unpaired) electrons. The van der Waals surface area contributed by atoms with Gasteiger partial charge in [-0.2, -0.15) is 0 Å². The molecule has 0 heterocycles. The number of carboxylic acid groups (broad SMARTS) is 1. The summed E-state index contributed by atoms with van der Waals surface area (Å²) in [5.74, 6) is -0.817. The molecule has 2 N–H and O–H groups in total. The minimum absolute atomic E-state index is 0.142. The van der Waals surface area contributed by atoms with Crippen molar-refractivity contribution < 1.29 is 28.9 Å². The molecule has 6 heteroatoms. The second-order valence-electron chi connectivity index (χ2n) is 5.50. The number of aliphatic carboxylic acids is 1. The fourth-order valence-corrected chi connectivity index (χ4v) is 2.28. The summed E-state index contributed by atoms with van der Waals surface area (Å²) in [6, 6.07) is 13.2. The minimum Gasteiger partial charge on any atom is -0.490 e. The van der Waals surface area contributed by atoms with Gasteiger partial charge in [0.2, 0.25) is 5.76 Å². The van der Waals surface area contributed by atoms with E-state index < -0.39 is 12.1 Å². The molecule has 0 amide bonds. The van der Waals surface area contributed by atoms with Crippen molar-refractivity contribution in [2.45, 2.75) is 19.7 Å². The monoisotopic (exact) mass is 360 g/mol. The smallest absolute Gasteiger partial charge is 0.371 e. The fraction of sp³-hybridized carbons (Fsp3) is 0.250. The third kappa shape index (κ3) is 5.60. The van der Waals surface area contributed by atoms with Crippen LogP contribution >= 0.6 is 0 Å². The van der Waals surface area contributed by atoms with E-state index in [0.29, 0.717) is 22.4 Å². The number of halogens is 1. The molecule has 0 aromatic heterocycles. The summed E-state index contributed by atoms with van der Waals surface area (Å²) >= 11 is 0. The van der Waals surface area contributed by atoms with Gasteiger partial charge in [-0.3, -0.25) is 0 Å². The molecule has 0 aliphatic rings. The van der Waals surface area contributed by atoms with Crippen molar-refractivity contribution >= 4 is 12.0 Å². The summed E-state index contributed by atoms with van der Waals surface area (Å²) < 4.78 is 24.8. The molecular formula is C20H21FO5. The summed E-state index contributed by atoms with van der Waals surface area (Å²) in [4.78, 5) is 11.0. The van der Waals surface area contributed by atoms with E-state index in [-0.39, 0.29) is 25.6 Å². The molecule has 0 aliphatic carbocycles. The fourth-order valence-electron chi connectivity index (χ4n) is 2.28. The summed E-state index contributed by atoms with van der Waals surface area (Å²) in [6.45, 7) is 1.66. The van der Waals surface area contributed by atoms with Gasteiger partial charge in [-0.25, -0.2) is 9.18 Å². The SMILES string of the molecule is CCO/C(=C\c1ccc(OC[C@@H](F)c2cccc(CO)c2)cc1)C(=O)O. The van der Waals surface area contributed by atoms with Gasteiger partial charge in [0.05, 0.1) is 13.2 Å². The molecule has 0 fully saturated rings. The highest BCUT2D eigenvalue weighted by Crippen LogP contribution is 2.21. The van der Waals surface area contributed by atoms with Gasteiger partial charge in [-0.1, -0.05) is 36.4 Å². The second kappa shape index (κ2) is 9.58. The zero-order chi connectivity index (χ0) is 18.9. The van der Waals surface area contributed by atoms with E-state index >= 15 is 0 Å². The van der Waals surface area contributed by atoms with Crippen LogP contribution in [0.15, 0.2) is 54.3 Å². The predicted octanol–water partition coefficient (Wildman–Crippen LogP) is 3.73. The zero-order valence-corrected chi connectivity index (χ0v) is 14.4. The number of aliphatic hydroxyl groups is 1. The molecule has 2 aromatic rings. The average molecular weight is 360 g/mol. The van der Waals surface area contributed by atoms with Gasteiger partial charge in [-0.05, 0) is 41.8 Å². The lowest BCUT2D eigenvalue weighted by atomic mass is 10.1. The first kappa shape index (κ1) is 19.5. The summed E-state index contributed by atoms with van der Waals surface area (Å²) in [6.07, 6.45) is 0.0890. The van der Waals surface area contributed by atoms with E-state index in [9.17, 15) is 9.18 Å². The Hall–Kier alpha value is -2.86. The van der Waals surface area contributed by atoms with Gasteiger partial charge in [0.15, 0.2) is 6.17 Å². The molecule has 5 nitrogen and oxygen atoms in total. The van der Waals surface area contributed by atoms with Crippen LogP contribution < -0.4 is 4.74 Å². The van der Waals surface area contributed by atoms with E-state index in [4.69, 9.17) is 19.7 Å². The van der Waals surface area contributed by atoms with E-state index in [1.807, 2.05) is 0 Å². The highest BCUT2D eigenvalue weighted by Gasteiger charge is 2.12. The number of hydrogen-bond donors (Lipinski definition) is 2. The Bertz CT molecular complexity index is 755. The van der Waals surface area contributed by atoms with Crippen LogP contribution in [0, 0.1) is 0 Å². The normalized spacial score (nSPS) is 12.5. The van der Waals surface area contributed by atoms with Gasteiger partial charge >= 0.3 is 5.97 Å². The van der Waals surface area contributed by atoms with Gasteiger partial charge in [-0.15, -0.1) is 0 Å². The first-order valence-corrected chi connectivity index (χ1v) is 8.18. The Morgan fingerprint density at radius 1 is 1.23 bits per heavy atom. The summed E-state index contributed by atoms with van der Waals surface area (Å²) in [7, 11) is 0. The molecule has 2 aromatic carbocycles. The predicted molar refractivity (Wildman–Crippen MR) is 95.4 cm³/mol. The van der Waals surface area contributed by atoms with Crippen LogP contribution in [-0.2, 0) is 16.1 Å². The van der Waals surface area contributed by atoms with Crippen LogP contribution in [0.1, 0.15) is 29.8 Å². The number of aliphatic hydroxyl groups excluding tert-OH is 1. The summed E-state index contributed by atoms with van der Waals surface area (Å²) in [5.41, 5.74) is 1.72. The largest absolute Gasteiger partial charge is 0.490 e. The van der Waals surface area contributed by atoms with E-state index in [1.165, 1.54) is 6.08 Å². The van der Waals surface area contributed by atoms with Crippen molar-refractivity contribution in [3.8, 4) is 5.75 Å². The molecule has 26 heavy (non-hydrogen) atoms. The third-order valence-electron chi connectivity index (χ3n) is 3.58. The first-order valence-electron chi connectivity index (χ1n) is 8.18. The lowest BCUT2D eigenvalue weighted by molar-refractivity contribution is -0.136. The molecule has 0 saturated carbocycles. The first-order chi connectivity index (χ1) is 12.5. The van der Waals surface area contributed by atoms with Gasteiger partial charge in [0.1, 0.15) is 12.4 Å². The standard InChI is InChI=1S/C20H21FO5/c1-2-25-19(20(23)24)11-14-6-8-17(9-7-14)26-13-18(21)16-5-3-4-15(10-16)12-22/h3-11,18,22H,2,12-13H2,1H3,(H,23,24)/b19-11-/t18-/m1/s1. The number of alkyl halides is 1. The number of ether oxygens (including phenoxy) is 2. The molecular weight excluding hydrogens is 339 g/mol. The van der Waals surface area contributed by atoms with Crippen molar-refractivity contribution in [2.24, 2.45) is 0 Å². The summed E-state index contributed by atoms with van der Waals surface area (Å²) in [5, 5.41) is 18.1. The number of benzene rings is 2. The second-order valence-corrected chi connectivity index (χ2v) is 5.50. The highest BCUT2D eigenvalue weighted by molar-refractivity contribution is 5.89. The molecule has 0 aliphatic heterocycles. The molecule has 0 spiro atoms.